The van der Waals surface area contributed by atoms with E-state index in [-0.39, 0.29) is 0 Å². The summed E-state index contributed by atoms with van der Waals surface area (Å²) in [5.74, 6) is 0.400. The van der Waals surface area contributed by atoms with E-state index in [1.165, 1.54) is 25.7 Å². The molecule has 0 radical (unpaired) electrons. The Morgan fingerprint density at radius 1 is 1.20 bits per heavy atom. The van der Waals surface area contributed by atoms with Crippen LogP contribution in [0.5, 0.6) is 0 Å². The van der Waals surface area contributed by atoms with Gasteiger partial charge in [0, 0.05) is 19.1 Å². The molecule has 3 rings (SSSR count). The Morgan fingerprint density at radius 2 is 2.05 bits per heavy atom. The Bertz CT molecular complexity index is 324. The molecule has 2 saturated carbocycles. The molecular formula is C16H30N2O2. The molecule has 0 spiro atoms. The standard InChI is InChI=1S/C16H30N2O2/c17-12-16(19)8-3-4-13(16)7-9-18-10-11-20-15-6-2-1-5-14(15)18/h13-15,19H,1-12,17H2. The maximum absolute atomic E-state index is 10.6. The second-order valence-electron chi connectivity index (χ2n) is 6.98. The van der Waals surface area contributed by atoms with Crippen molar-refractivity contribution in [2.24, 2.45) is 11.7 Å². The molecule has 0 aromatic rings. The number of nitrogens with two attached hydrogens (primary N) is 1. The Morgan fingerprint density at radius 3 is 2.90 bits per heavy atom. The van der Waals surface area contributed by atoms with Gasteiger partial charge in [-0.3, -0.25) is 4.90 Å². The highest BCUT2D eigenvalue weighted by Gasteiger charge is 2.40. The van der Waals surface area contributed by atoms with Crippen LogP contribution in [0, 0.1) is 5.92 Å². The number of morpholine rings is 1. The maximum Gasteiger partial charge on any atom is 0.0797 e. The van der Waals surface area contributed by atoms with Crippen LogP contribution < -0.4 is 5.73 Å². The summed E-state index contributed by atoms with van der Waals surface area (Å²) < 4.78 is 5.93. The zero-order valence-corrected chi connectivity index (χ0v) is 12.6. The van der Waals surface area contributed by atoms with Crippen molar-refractivity contribution in [1.29, 1.82) is 0 Å². The summed E-state index contributed by atoms with van der Waals surface area (Å²) in [7, 11) is 0. The Balaban J connectivity index is 1.54. The molecule has 3 aliphatic rings. The summed E-state index contributed by atoms with van der Waals surface area (Å²) in [5, 5.41) is 10.6. The zero-order chi connectivity index (χ0) is 14.0. The smallest absolute Gasteiger partial charge is 0.0797 e. The zero-order valence-electron chi connectivity index (χ0n) is 12.6. The third-order valence-electron chi connectivity index (χ3n) is 5.89. The molecule has 4 nitrogen and oxygen atoms in total. The van der Waals surface area contributed by atoms with E-state index < -0.39 is 5.60 Å². The van der Waals surface area contributed by atoms with Gasteiger partial charge < -0.3 is 15.6 Å². The first-order valence-electron chi connectivity index (χ1n) is 8.51. The first kappa shape index (κ1) is 14.8. The Hall–Kier alpha value is -0.160. The lowest BCUT2D eigenvalue weighted by Gasteiger charge is -2.44. The number of ether oxygens (including phenoxy) is 1. The van der Waals surface area contributed by atoms with E-state index in [9.17, 15) is 5.11 Å². The normalized spacial score (nSPS) is 42.6. The van der Waals surface area contributed by atoms with Crippen molar-refractivity contribution in [1.82, 2.24) is 4.90 Å². The number of aliphatic hydroxyl groups is 1. The van der Waals surface area contributed by atoms with E-state index in [2.05, 4.69) is 4.90 Å². The molecule has 3 fully saturated rings. The lowest BCUT2D eigenvalue weighted by Crippen LogP contribution is -2.53. The SMILES string of the molecule is NCC1(O)CCCC1CCN1CCOC2CCCCC21. The third kappa shape index (κ3) is 2.89. The molecule has 3 N–H and O–H groups in total. The summed E-state index contributed by atoms with van der Waals surface area (Å²) in [6.07, 6.45) is 9.92. The second kappa shape index (κ2) is 6.30. The van der Waals surface area contributed by atoms with Gasteiger partial charge in [-0.15, -0.1) is 0 Å². The average molecular weight is 282 g/mol. The molecule has 4 heteroatoms. The van der Waals surface area contributed by atoms with Crippen LogP contribution in [0.2, 0.25) is 0 Å². The number of fused-ring (bicyclic) bond motifs is 1. The van der Waals surface area contributed by atoms with Crippen molar-refractivity contribution in [2.45, 2.75) is 69.1 Å². The van der Waals surface area contributed by atoms with Crippen molar-refractivity contribution >= 4 is 0 Å². The highest BCUT2D eigenvalue weighted by atomic mass is 16.5. The number of rotatable bonds is 4. The van der Waals surface area contributed by atoms with E-state index in [0.717, 1.165) is 45.4 Å². The van der Waals surface area contributed by atoms with Gasteiger partial charge in [0.25, 0.3) is 0 Å². The summed E-state index contributed by atoms with van der Waals surface area (Å²) >= 11 is 0. The first-order valence-corrected chi connectivity index (χ1v) is 8.51. The second-order valence-corrected chi connectivity index (χ2v) is 6.98. The molecule has 0 amide bonds. The molecule has 4 atom stereocenters. The summed E-state index contributed by atoms with van der Waals surface area (Å²) in [5.41, 5.74) is 5.20. The van der Waals surface area contributed by atoms with Crippen LogP contribution in [-0.2, 0) is 4.74 Å². The van der Waals surface area contributed by atoms with Gasteiger partial charge in [-0.1, -0.05) is 19.3 Å². The highest BCUT2D eigenvalue weighted by molar-refractivity contribution is 4.94. The predicted molar refractivity (Wildman–Crippen MR) is 79.5 cm³/mol. The van der Waals surface area contributed by atoms with Crippen molar-refractivity contribution in [3.63, 3.8) is 0 Å². The van der Waals surface area contributed by atoms with Crippen LogP contribution in [0.15, 0.2) is 0 Å². The van der Waals surface area contributed by atoms with Crippen molar-refractivity contribution < 1.29 is 9.84 Å². The molecule has 0 aromatic heterocycles. The van der Waals surface area contributed by atoms with E-state index in [1.807, 2.05) is 0 Å². The fourth-order valence-electron chi connectivity index (χ4n) is 4.58. The molecular weight excluding hydrogens is 252 g/mol. The fraction of sp³-hybridized carbons (Fsp3) is 1.00. The van der Waals surface area contributed by atoms with E-state index in [0.29, 0.717) is 24.6 Å². The molecule has 1 saturated heterocycles. The van der Waals surface area contributed by atoms with E-state index in [4.69, 9.17) is 10.5 Å². The monoisotopic (exact) mass is 282 g/mol. The average Bonchev–Trinajstić information content (AvgIpc) is 2.87. The predicted octanol–water partition coefficient (Wildman–Crippen LogP) is 1.51. The van der Waals surface area contributed by atoms with Crippen LogP contribution in [0.4, 0.5) is 0 Å². The molecule has 2 aliphatic carbocycles. The lowest BCUT2D eigenvalue weighted by molar-refractivity contribution is -0.0917. The van der Waals surface area contributed by atoms with Crippen LogP contribution in [0.1, 0.15) is 51.4 Å². The van der Waals surface area contributed by atoms with Gasteiger partial charge in [-0.2, -0.15) is 0 Å². The molecule has 20 heavy (non-hydrogen) atoms. The van der Waals surface area contributed by atoms with Crippen LogP contribution in [0.3, 0.4) is 0 Å². The lowest BCUT2D eigenvalue weighted by atomic mass is 9.86. The highest BCUT2D eigenvalue weighted by Crippen LogP contribution is 2.38. The molecule has 1 aliphatic heterocycles. The summed E-state index contributed by atoms with van der Waals surface area (Å²) in [6.45, 7) is 3.48. The van der Waals surface area contributed by atoms with Gasteiger partial charge in [0.05, 0.1) is 18.3 Å². The minimum atomic E-state index is -0.585. The molecule has 0 aromatic carbocycles. The molecule has 0 bridgehead atoms. The van der Waals surface area contributed by atoms with Crippen molar-refractivity contribution in [2.75, 3.05) is 26.2 Å². The van der Waals surface area contributed by atoms with Crippen molar-refractivity contribution in [3.8, 4) is 0 Å². The summed E-state index contributed by atoms with van der Waals surface area (Å²) in [4.78, 5) is 2.63. The maximum atomic E-state index is 10.6. The quantitative estimate of drug-likeness (QED) is 0.820. The van der Waals surface area contributed by atoms with Gasteiger partial charge in [0.2, 0.25) is 0 Å². The van der Waals surface area contributed by atoms with Gasteiger partial charge in [-0.05, 0) is 44.6 Å². The number of hydrogen-bond donors (Lipinski definition) is 2. The Kier molecular flexibility index (Phi) is 4.65. The number of nitrogens with zero attached hydrogens (tertiary/aromatic N) is 1. The molecule has 116 valence electrons. The van der Waals surface area contributed by atoms with E-state index >= 15 is 0 Å². The van der Waals surface area contributed by atoms with Gasteiger partial charge in [0.1, 0.15) is 0 Å². The van der Waals surface area contributed by atoms with Crippen LogP contribution in [-0.4, -0.2) is 54.0 Å². The van der Waals surface area contributed by atoms with Crippen LogP contribution in [0.25, 0.3) is 0 Å². The van der Waals surface area contributed by atoms with Gasteiger partial charge in [-0.25, -0.2) is 0 Å². The van der Waals surface area contributed by atoms with Crippen molar-refractivity contribution in [3.05, 3.63) is 0 Å². The summed E-state index contributed by atoms with van der Waals surface area (Å²) in [6, 6.07) is 0.630. The first-order chi connectivity index (χ1) is 9.73. The Labute approximate surface area is 122 Å². The number of hydrogen-bond acceptors (Lipinski definition) is 4. The molecule has 4 unspecified atom stereocenters. The van der Waals surface area contributed by atoms with Gasteiger partial charge in [0.15, 0.2) is 0 Å². The minimum absolute atomic E-state index is 0.400. The topological polar surface area (TPSA) is 58.7 Å². The largest absolute Gasteiger partial charge is 0.388 e. The molecule has 1 heterocycles. The van der Waals surface area contributed by atoms with Gasteiger partial charge >= 0.3 is 0 Å². The fourth-order valence-corrected chi connectivity index (χ4v) is 4.58. The van der Waals surface area contributed by atoms with E-state index in [1.54, 1.807) is 0 Å². The third-order valence-corrected chi connectivity index (χ3v) is 5.89. The van der Waals surface area contributed by atoms with Crippen LogP contribution >= 0.6 is 0 Å². The minimum Gasteiger partial charge on any atom is -0.388 e.